The maximum Gasteiger partial charge on any atom is 0.255 e. The molecule has 0 aliphatic carbocycles. The van der Waals surface area contributed by atoms with Gasteiger partial charge in [0.1, 0.15) is 0 Å². The van der Waals surface area contributed by atoms with E-state index in [1.54, 1.807) is 0 Å². The predicted octanol–water partition coefficient (Wildman–Crippen LogP) is 2.14. The topological polar surface area (TPSA) is 23.5 Å². The minimum absolute atomic E-state index is 0.162. The van der Waals surface area contributed by atoms with Gasteiger partial charge in [-0.05, 0) is 5.56 Å². The van der Waals surface area contributed by atoms with Gasteiger partial charge in [0.2, 0.25) is 0 Å². The van der Waals surface area contributed by atoms with Crippen LogP contribution in [0.25, 0.3) is 0 Å². The molecule has 94 valence electrons. The summed E-state index contributed by atoms with van der Waals surface area (Å²) in [5.41, 5.74) is 1.12. The van der Waals surface area contributed by atoms with Crippen LogP contribution in [0.4, 0.5) is 8.78 Å². The zero-order chi connectivity index (χ0) is 12.3. The van der Waals surface area contributed by atoms with E-state index in [1.807, 2.05) is 35.2 Å². The first-order valence-electron chi connectivity index (χ1n) is 5.87. The first kappa shape index (κ1) is 12.5. The number of likely N-dealkylation sites (tertiary alicyclic amines) is 1. The van der Waals surface area contributed by atoms with E-state index in [2.05, 4.69) is 0 Å². The van der Waals surface area contributed by atoms with Gasteiger partial charge in [-0.25, -0.2) is 8.78 Å². The van der Waals surface area contributed by atoms with Crippen LogP contribution in [0.3, 0.4) is 0 Å². The summed E-state index contributed by atoms with van der Waals surface area (Å²) in [6, 6.07) is 9.79. The van der Waals surface area contributed by atoms with Gasteiger partial charge in [-0.1, -0.05) is 30.3 Å². The number of hydrogen-bond acceptors (Lipinski definition) is 2. The van der Waals surface area contributed by atoms with Crippen molar-refractivity contribution in [2.45, 2.75) is 18.9 Å². The minimum Gasteiger partial charge on any atom is -0.396 e. The molecule has 1 saturated heterocycles. The Morgan fingerprint density at radius 3 is 2.65 bits per heavy atom. The molecule has 2 nitrogen and oxygen atoms in total. The van der Waals surface area contributed by atoms with Crippen LogP contribution in [0.15, 0.2) is 30.3 Å². The van der Waals surface area contributed by atoms with Gasteiger partial charge in [-0.15, -0.1) is 0 Å². The van der Waals surface area contributed by atoms with Gasteiger partial charge in [0.15, 0.2) is 0 Å². The van der Waals surface area contributed by atoms with Crippen molar-refractivity contribution in [1.29, 1.82) is 0 Å². The highest BCUT2D eigenvalue weighted by Gasteiger charge is 2.43. The average Bonchev–Trinajstić information content (AvgIpc) is 2.33. The Balaban J connectivity index is 1.96. The second-order valence-corrected chi connectivity index (χ2v) is 4.61. The Kier molecular flexibility index (Phi) is 3.74. The molecule has 0 saturated carbocycles. The molecule has 4 heteroatoms. The van der Waals surface area contributed by atoms with Crippen LogP contribution >= 0.6 is 0 Å². The highest BCUT2D eigenvalue weighted by Crippen LogP contribution is 2.33. The van der Waals surface area contributed by atoms with E-state index >= 15 is 0 Å². The molecule has 0 spiro atoms. The standard InChI is InChI=1S/C13H17F2NO/c14-13(15)6-7-16(9-12(13)10-17)8-11-4-2-1-3-5-11/h1-5,12,17H,6-10H2/t12-/m0/s1. The van der Waals surface area contributed by atoms with E-state index < -0.39 is 18.4 Å². The minimum atomic E-state index is -2.72. The fraction of sp³-hybridized carbons (Fsp3) is 0.538. The second-order valence-electron chi connectivity index (χ2n) is 4.61. The smallest absolute Gasteiger partial charge is 0.255 e. The van der Waals surface area contributed by atoms with Crippen molar-refractivity contribution in [3.05, 3.63) is 35.9 Å². The molecule has 1 aliphatic heterocycles. The van der Waals surface area contributed by atoms with Crippen LogP contribution in [-0.2, 0) is 6.54 Å². The monoisotopic (exact) mass is 241 g/mol. The lowest BCUT2D eigenvalue weighted by Crippen LogP contribution is -2.48. The third-order valence-electron chi connectivity index (χ3n) is 3.31. The first-order chi connectivity index (χ1) is 8.12. The summed E-state index contributed by atoms with van der Waals surface area (Å²) in [4.78, 5) is 1.98. The van der Waals surface area contributed by atoms with E-state index in [1.165, 1.54) is 0 Å². The molecule has 0 unspecified atom stereocenters. The summed E-state index contributed by atoms with van der Waals surface area (Å²) in [7, 11) is 0. The van der Waals surface area contributed by atoms with Gasteiger partial charge in [0, 0.05) is 26.1 Å². The van der Waals surface area contributed by atoms with Crippen molar-refractivity contribution in [2.24, 2.45) is 5.92 Å². The van der Waals surface area contributed by atoms with E-state index in [0.717, 1.165) is 5.56 Å². The maximum atomic E-state index is 13.4. The average molecular weight is 241 g/mol. The van der Waals surface area contributed by atoms with E-state index in [9.17, 15) is 8.78 Å². The van der Waals surface area contributed by atoms with Crippen molar-refractivity contribution in [3.8, 4) is 0 Å². The van der Waals surface area contributed by atoms with E-state index in [4.69, 9.17) is 5.11 Å². The number of benzene rings is 1. The molecular weight excluding hydrogens is 224 g/mol. The van der Waals surface area contributed by atoms with Crippen LogP contribution in [0.1, 0.15) is 12.0 Å². The lowest BCUT2D eigenvalue weighted by Gasteiger charge is -2.37. The van der Waals surface area contributed by atoms with Gasteiger partial charge in [0.25, 0.3) is 5.92 Å². The first-order valence-corrected chi connectivity index (χ1v) is 5.87. The van der Waals surface area contributed by atoms with Gasteiger partial charge < -0.3 is 5.11 Å². The Morgan fingerprint density at radius 2 is 2.00 bits per heavy atom. The van der Waals surface area contributed by atoms with Crippen LogP contribution in [0.5, 0.6) is 0 Å². The summed E-state index contributed by atoms with van der Waals surface area (Å²) in [6.45, 7) is 0.877. The van der Waals surface area contributed by atoms with Crippen LogP contribution < -0.4 is 0 Å². The fourth-order valence-corrected chi connectivity index (χ4v) is 2.22. The summed E-state index contributed by atoms with van der Waals surface area (Å²) in [5.74, 6) is -3.65. The molecule has 1 aromatic rings. The third kappa shape index (κ3) is 3.01. The molecule has 17 heavy (non-hydrogen) atoms. The maximum absolute atomic E-state index is 13.4. The molecule has 1 aliphatic rings. The van der Waals surface area contributed by atoms with Crippen molar-refractivity contribution in [3.63, 3.8) is 0 Å². The molecule has 0 amide bonds. The number of rotatable bonds is 3. The predicted molar refractivity (Wildman–Crippen MR) is 61.9 cm³/mol. The number of hydrogen-bond donors (Lipinski definition) is 1. The molecule has 1 aromatic carbocycles. The highest BCUT2D eigenvalue weighted by molar-refractivity contribution is 5.14. The lowest BCUT2D eigenvalue weighted by atomic mass is 9.94. The molecule has 1 N–H and O–H groups in total. The molecule has 1 heterocycles. The molecule has 1 fully saturated rings. The van der Waals surface area contributed by atoms with Gasteiger partial charge in [0.05, 0.1) is 12.5 Å². The summed E-state index contributed by atoms with van der Waals surface area (Å²) < 4.78 is 26.8. The molecule has 0 radical (unpaired) electrons. The number of alkyl halides is 2. The second kappa shape index (κ2) is 5.10. The van der Waals surface area contributed by atoms with Crippen molar-refractivity contribution in [2.75, 3.05) is 19.7 Å². The summed E-state index contributed by atoms with van der Waals surface area (Å²) in [5, 5.41) is 9.00. The van der Waals surface area contributed by atoms with Crippen LogP contribution in [0, 0.1) is 5.92 Å². The number of aliphatic hydroxyl groups excluding tert-OH is 1. The summed E-state index contributed by atoms with van der Waals surface area (Å²) in [6.07, 6.45) is -0.162. The number of nitrogens with zero attached hydrogens (tertiary/aromatic N) is 1. The van der Waals surface area contributed by atoms with E-state index in [-0.39, 0.29) is 13.0 Å². The summed E-state index contributed by atoms with van der Waals surface area (Å²) >= 11 is 0. The van der Waals surface area contributed by atoms with Gasteiger partial charge in [-0.3, -0.25) is 4.90 Å². The number of aliphatic hydroxyl groups is 1. The molecule has 2 rings (SSSR count). The van der Waals surface area contributed by atoms with Crippen LogP contribution in [-0.4, -0.2) is 35.6 Å². The fourth-order valence-electron chi connectivity index (χ4n) is 2.22. The lowest BCUT2D eigenvalue weighted by molar-refractivity contribution is -0.121. The van der Waals surface area contributed by atoms with Crippen molar-refractivity contribution < 1.29 is 13.9 Å². The third-order valence-corrected chi connectivity index (χ3v) is 3.31. The number of halogens is 2. The largest absolute Gasteiger partial charge is 0.396 e. The molecule has 1 atom stereocenters. The number of piperidine rings is 1. The normalized spacial score (nSPS) is 24.8. The van der Waals surface area contributed by atoms with Crippen molar-refractivity contribution in [1.82, 2.24) is 4.90 Å². The van der Waals surface area contributed by atoms with Crippen molar-refractivity contribution >= 4 is 0 Å². The van der Waals surface area contributed by atoms with Crippen LogP contribution in [0.2, 0.25) is 0 Å². The zero-order valence-electron chi connectivity index (χ0n) is 9.65. The zero-order valence-corrected chi connectivity index (χ0v) is 9.65. The highest BCUT2D eigenvalue weighted by atomic mass is 19.3. The Bertz CT molecular complexity index is 356. The Morgan fingerprint density at radius 1 is 1.29 bits per heavy atom. The Hall–Kier alpha value is -1.00. The van der Waals surface area contributed by atoms with Gasteiger partial charge >= 0.3 is 0 Å². The quantitative estimate of drug-likeness (QED) is 0.876. The molecule has 0 aromatic heterocycles. The van der Waals surface area contributed by atoms with E-state index in [0.29, 0.717) is 13.1 Å². The molecule has 0 bridgehead atoms. The Labute approximate surface area is 99.9 Å². The SMILES string of the molecule is OC[C@@H]1CN(Cc2ccccc2)CCC1(F)F. The molecular formula is C13H17F2NO. The van der Waals surface area contributed by atoms with Gasteiger partial charge in [-0.2, -0.15) is 0 Å².